The Morgan fingerprint density at radius 1 is 1.19 bits per heavy atom. The molecule has 1 aromatic heterocycles. The molecule has 9 heteroatoms. The zero-order valence-electron chi connectivity index (χ0n) is 21.2. The van der Waals surface area contributed by atoms with E-state index in [-0.39, 0.29) is 43.2 Å². The van der Waals surface area contributed by atoms with Gasteiger partial charge < -0.3 is 15.2 Å². The van der Waals surface area contributed by atoms with Crippen LogP contribution in [0.5, 0.6) is 0 Å². The Morgan fingerprint density at radius 3 is 2.44 bits per heavy atom. The molecular weight excluding hydrogens is 491 g/mol. The number of nitrogens with one attached hydrogen (secondary N) is 1. The van der Waals surface area contributed by atoms with Crippen molar-refractivity contribution in [3.63, 3.8) is 0 Å². The first kappa shape index (κ1) is 29.4. The van der Waals surface area contributed by atoms with Crippen LogP contribution in [0, 0.1) is 11.8 Å². The van der Waals surface area contributed by atoms with Gasteiger partial charge in [-0.15, -0.1) is 11.3 Å². The Labute approximate surface area is 214 Å². The molecule has 198 valence electrons. The van der Waals surface area contributed by atoms with E-state index in [2.05, 4.69) is 5.32 Å². The van der Waals surface area contributed by atoms with Gasteiger partial charge in [0.05, 0.1) is 11.3 Å². The maximum atomic E-state index is 13.1. The monoisotopic (exact) mass is 525 g/mol. The lowest BCUT2D eigenvalue weighted by atomic mass is 9.76. The molecule has 3 atom stereocenters. The number of thiophene rings is 1. The number of carbonyl (C=O) groups is 2. The van der Waals surface area contributed by atoms with Crippen molar-refractivity contribution in [3.8, 4) is 0 Å². The lowest BCUT2D eigenvalue weighted by Gasteiger charge is -2.31. The smallest absolute Gasteiger partial charge is 0.412 e. The molecule has 36 heavy (non-hydrogen) atoms. The minimum absolute atomic E-state index is 0.00633. The van der Waals surface area contributed by atoms with E-state index < -0.39 is 17.7 Å². The van der Waals surface area contributed by atoms with Gasteiger partial charge in [-0.1, -0.05) is 30.2 Å². The van der Waals surface area contributed by atoms with Gasteiger partial charge in [0.1, 0.15) is 11.9 Å². The lowest BCUT2D eigenvalue weighted by molar-refractivity contribution is -0.136. The zero-order valence-corrected chi connectivity index (χ0v) is 22.1. The second-order valence-electron chi connectivity index (χ2n) is 8.83. The van der Waals surface area contributed by atoms with Crippen molar-refractivity contribution in [2.24, 2.45) is 11.8 Å². The lowest BCUT2D eigenvalue weighted by Crippen LogP contribution is -2.25. The fourth-order valence-electron chi connectivity index (χ4n) is 4.37. The largest absolute Gasteiger partial charge is 0.486 e. The fraction of sp³-hybridized carbons (Fsp3) is 0.481. The highest BCUT2D eigenvalue weighted by Crippen LogP contribution is 2.40. The van der Waals surface area contributed by atoms with E-state index in [4.69, 9.17) is 9.84 Å². The molecular formula is C27H34F3NO4S. The number of halogens is 3. The highest BCUT2D eigenvalue weighted by atomic mass is 32.1. The van der Waals surface area contributed by atoms with Gasteiger partial charge in [-0.2, -0.15) is 13.2 Å². The van der Waals surface area contributed by atoms with Gasteiger partial charge in [0.25, 0.3) is 5.91 Å². The molecule has 1 amide bonds. The van der Waals surface area contributed by atoms with Crippen LogP contribution in [0.4, 0.5) is 13.2 Å². The van der Waals surface area contributed by atoms with Crippen molar-refractivity contribution in [1.82, 2.24) is 5.32 Å². The Bertz CT molecular complexity index is 1070. The van der Waals surface area contributed by atoms with Crippen LogP contribution < -0.4 is 5.32 Å². The SMILES string of the molecule is C/C=C(\CC/C(=C\C)C(F)(F)F)C1C(C)=CC(OC(C)c2ccc(C(=O)NCCC(=O)O)s2)=CC1C. The van der Waals surface area contributed by atoms with Crippen molar-refractivity contribution in [2.45, 2.75) is 66.2 Å². The van der Waals surface area contributed by atoms with Crippen LogP contribution in [0.2, 0.25) is 0 Å². The molecule has 0 aliphatic heterocycles. The Balaban J connectivity index is 2.03. The van der Waals surface area contributed by atoms with E-state index in [1.165, 1.54) is 18.3 Å². The molecule has 0 radical (unpaired) electrons. The number of aliphatic carboxylic acids is 1. The van der Waals surface area contributed by atoms with E-state index >= 15 is 0 Å². The number of rotatable bonds is 11. The van der Waals surface area contributed by atoms with E-state index in [0.717, 1.165) is 22.1 Å². The van der Waals surface area contributed by atoms with Crippen LogP contribution in [-0.2, 0) is 9.53 Å². The maximum absolute atomic E-state index is 13.1. The van der Waals surface area contributed by atoms with Crippen molar-refractivity contribution in [1.29, 1.82) is 0 Å². The molecule has 2 rings (SSSR count). The summed E-state index contributed by atoms with van der Waals surface area (Å²) in [7, 11) is 0. The number of carboxylic acid groups (broad SMARTS) is 1. The summed E-state index contributed by atoms with van der Waals surface area (Å²) in [4.78, 5) is 24.1. The van der Waals surface area contributed by atoms with Gasteiger partial charge in [0, 0.05) is 22.9 Å². The molecule has 0 aromatic carbocycles. The molecule has 0 spiro atoms. The third kappa shape index (κ3) is 8.11. The van der Waals surface area contributed by atoms with Crippen molar-refractivity contribution in [2.75, 3.05) is 6.54 Å². The summed E-state index contributed by atoms with van der Waals surface area (Å²) < 4.78 is 45.6. The van der Waals surface area contributed by atoms with Crippen LogP contribution in [0.25, 0.3) is 0 Å². The Morgan fingerprint density at radius 2 is 1.89 bits per heavy atom. The average molecular weight is 526 g/mol. The van der Waals surface area contributed by atoms with Crippen molar-refractivity contribution >= 4 is 23.2 Å². The molecule has 1 heterocycles. The summed E-state index contributed by atoms with van der Waals surface area (Å²) in [5, 5.41) is 11.3. The number of ether oxygens (including phenoxy) is 1. The quantitative estimate of drug-likeness (QED) is 0.296. The number of allylic oxidation sites excluding steroid dienone is 7. The Kier molecular flexibility index (Phi) is 10.6. The number of amides is 1. The van der Waals surface area contributed by atoms with Crippen molar-refractivity contribution < 1.29 is 32.6 Å². The molecule has 1 aromatic rings. The summed E-state index contributed by atoms with van der Waals surface area (Å²) in [5.74, 6) is -0.567. The van der Waals surface area contributed by atoms with Crippen LogP contribution >= 0.6 is 11.3 Å². The average Bonchev–Trinajstić information content (AvgIpc) is 3.27. The molecule has 0 fully saturated rings. The minimum atomic E-state index is -4.31. The number of hydrogen-bond acceptors (Lipinski definition) is 4. The third-order valence-corrected chi connectivity index (χ3v) is 7.41. The van der Waals surface area contributed by atoms with Gasteiger partial charge in [-0.3, -0.25) is 9.59 Å². The highest BCUT2D eigenvalue weighted by molar-refractivity contribution is 7.14. The van der Waals surface area contributed by atoms with Crippen molar-refractivity contribution in [3.05, 3.63) is 68.7 Å². The fourth-order valence-corrected chi connectivity index (χ4v) is 5.27. The van der Waals surface area contributed by atoms with E-state index in [1.807, 2.05) is 52.0 Å². The Hall–Kier alpha value is -2.81. The molecule has 2 N–H and O–H groups in total. The summed E-state index contributed by atoms with van der Waals surface area (Å²) in [6, 6.07) is 3.49. The number of carboxylic acids is 1. The second-order valence-corrected chi connectivity index (χ2v) is 9.95. The number of hydrogen-bond donors (Lipinski definition) is 2. The molecule has 1 aliphatic carbocycles. The van der Waals surface area contributed by atoms with Crippen LogP contribution in [0.3, 0.4) is 0 Å². The molecule has 1 aliphatic rings. The van der Waals surface area contributed by atoms with Gasteiger partial charge >= 0.3 is 12.1 Å². The highest BCUT2D eigenvalue weighted by Gasteiger charge is 2.33. The van der Waals surface area contributed by atoms with E-state index in [1.54, 1.807) is 6.07 Å². The first-order valence-electron chi connectivity index (χ1n) is 11.9. The van der Waals surface area contributed by atoms with Crippen LogP contribution in [0.1, 0.15) is 74.5 Å². The van der Waals surface area contributed by atoms with Gasteiger partial charge in [-0.25, -0.2) is 0 Å². The summed E-state index contributed by atoms with van der Waals surface area (Å²) in [6.45, 7) is 9.22. The number of carbonyl (C=O) groups excluding carboxylic acids is 1. The molecule has 0 saturated carbocycles. The standard InChI is InChI=1S/C27H34F3NO4S/c1-6-19(8-9-20(7-2)27(28,29)30)25-16(3)14-21(15-17(25)4)35-18(5)22-10-11-23(36-22)26(34)31-13-12-24(32)33/h6-7,10-11,14-16,18,25H,8-9,12-13H2,1-5H3,(H,31,34)(H,32,33)/b19-6+,20-7+. The van der Waals surface area contributed by atoms with Gasteiger partial charge in [-0.05, 0) is 70.7 Å². The topological polar surface area (TPSA) is 75.6 Å². The first-order valence-corrected chi connectivity index (χ1v) is 12.7. The van der Waals surface area contributed by atoms with Crippen LogP contribution in [-0.4, -0.2) is 29.7 Å². The summed E-state index contributed by atoms with van der Waals surface area (Å²) in [5.41, 5.74) is 1.49. The predicted octanol–water partition coefficient (Wildman–Crippen LogP) is 7.36. The number of alkyl halides is 3. The zero-order chi connectivity index (χ0) is 27.0. The third-order valence-electron chi connectivity index (χ3n) is 6.17. The minimum Gasteiger partial charge on any atom is -0.486 e. The van der Waals surface area contributed by atoms with E-state index in [9.17, 15) is 22.8 Å². The summed E-state index contributed by atoms with van der Waals surface area (Å²) >= 11 is 1.28. The molecule has 3 unspecified atom stereocenters. The molecule has 5 nitrogen and oxygen atoms in total. The molecule has 0 bridgehead atoms. The summed E-state index contributed by atoms with van der Waals surface area (Å²) in [6.07, 6.45) is 2.49. The first-order chi connectivity index (χ1) is 16.9. The maximum Gasteiger partial charge on any atom is 0.412 e. The van der Waals surface area contributed by atoms with Gasteiger partial charge in [0.15, 0.2) is 0 Å². The second kappa shape index (κ2) is 12.9. The van der Waals surface area contributed by atoms with E-state index in [0.29, 0.717) is 17.1 Å². The molecule has 0 saturated heterocycles. The normalized spacial score (nSPS) is 19.9. The van der Waals surface area contributed by atoms with Crippen LogP contribution in [0.15, 0.2) is 58.9 Å². The van der Waals surface area contributed by atoms with Gasteiger partial charge in [0.2, 0.25) is 0 Å². The predicted molar refractivity (Wildman–Crippen MR) is 136 cm³/mol.